The molecule has 2 heterocycles. The van der Waals surface area contributed by atoms with Crippen LogP contribution in [0.1, 0.15) is 12.1 Å². The minimum atomic E-state index is -0.215. The first-order valence-corrected chi connectivity index (χ1v) is 10.3. The van der Waals surface area contributed by atoms with E-state index in [4.69, 9.17) is 32.7 Å². The number of fused-ring (bicyclic) bond motifs is 1. The molecule has 0 aliphatic carbocycles. The van der Waals surface area contributed by atoms with Crippen molar-refractivity contribution < 1.29 is 14.3 Å². The van der Waals surface area contributed by atoms with Gasteiger partial charge in [0.15, 0.2) is 11.5 Å². The van der Waals surface area contributed by atoms with Crippen molar-refractivity contribution in [2.75, 3.05) is 18.5 Å². The maximum Gasteiger partial charge on any atom is 0.230 e. The van der Waals surface area contributed by atoms with Gasteiger partial charge in [0, 0.05) is 29.5 Å². The van der Waals surface area contributed by atoms with Gasteiger partial charge in [-0.2, -0.15) is 0 Å². The van der Waals surface area contributed by atoms with Crippen LogP contribution in [-0.2, 0) is 11.2 Å². The quantitative estimate of drug-likeness (QED) is 0.591. The fourth-order valence-corrected chi connectivity index (χ4v) is 4.13. The number of amides is 1. The van der Waals surface area contributed by atoms with E-state index >= 15 is 0 Å². The Morgan fingerprint density at radius 2 is 1.86 bits per heavy atom. The molecule has 8 heteroatoms. The Balaban J connectivity index is 1.47. The molecule has 0 atom stereocenters. The van der Waals surface area contributed by atoms with Crippen LogP contribution < -0.4 is 14.8 Å². The van der Waals surface area contributed by atoms with E-state index in [1.165, 1.54) is 11.3 Å². The summed E-state index contributed by atoms with van der Waals surface area (Å²) in [4.78, 5) is 17.0. The lowest BCUT2D eigenvalue weighted by Gasteiger charge is -2.12. The molecule has 28 heavy (non-hydrogen) atoms. The average Bonchev–Trinajstić information content (AvgIpc) is 3.00. The van der Waals surface area contributed by atoms with Crippen molar-refractivity contribution in [3.8, 4) is 22.1 Å². The van der Waals surface area contributed by atoms with Gasteiger partial charge in [0.1, 0.15) is 5.01 Å². The Hall–Kier alpha value is -2.28. The molecule has 2 aromatic carbocycles. The highest BCUT2D eigenvalue weighted by molar-refractivity contribution is 7.13. The van der Waals surface area contributed by atoms with Crippen molar-refractivity contribution in [2.45, 2.75) is 12.8 Å². The molecule has 0 radical (unpaired) electrons. The van der Waals surface area contributed by atoms with Crippen LogP contribution in [0.2, 0.25) is 10.0 Å². The fraction of sp³-hybridized carbons (Fsp3) is 0.200. The van der Waals surface area contributed by atoms with Crippen LogP contribution in [0, 0.1) is 0 Å². The minimum absolute atomic E-state index is 0.131. The van der Waals surface area contributed by atoms with E-state index in [1.807, 2.05) is 29.6 Å². The molecule has 1 N–H and O–H groups in total. The van der Waals surface area contributed by atoms with Gasteiger partial charge in [-0.1, -0.05) is 41.4 Å². The van der Waals surface area contributed by atoms with Crippen LogP contribution >= 0.6 is 34.5 Å². The van der Waals surface area contributed by atoms with Crippen LogP contribution in [0.3, 0.4) is 0 Å². The monoisotopic (exact) mass is 434 g/mol. The van der Waals surface area contributed by atoms with Crippen LogP contribution in [0.5, 0.6) is 11.5 Å². The molecule has 4 rings (SSSR count). The molecule has 1 aliphatic heterocycles. The molecule has 0 bridgehead atoms. The molecule has 0 spiro atoms. The summed E-state index contributed by atoms with van der Waals surface area (Å²) >= 11 is 14.0. The molecule has 0 saturated heterocycles. The second-order valence-corrected chi connectivity index (χ2v) is 7.85. The first kappa shape index (κ1) is 19.1. The van der Waals surface area contributed by atoms with E-state index in [0.717, 1.165) is 17.0 Å². The van der Waals surface area contributed by atoms with E-state index in [-0.39, 0.29) is 12.3 Å². The second kappa shape index (κ2) is 8.39. The van der Waals surface area contributed by atoms with Crippen molar-refractivity contribution in [1.82, 2.24) is 4.98 Å². The number of anilines is 1. The lowest BCUT2D eigenvalue weighted by atomic mass is 10.2. The van der Waals surface area contributed by atoms with Crippen LogP contribution in [-0.4, -0.2) is 24.1 Å². The van der Waals surface area contributed by atoms with Gasteiger partial charge in [0.25, 0.3) is 0 Å². The SMILES string of the molecule is O=C(Cc1csc(-c2ccccc2Cl)n1)Nc1cc2c(cc1Cl)OCCCO2. The lowest BCUT2D eigenvalue weighted by Crippen LogP contribution is -2.15. The van der Waals surface area contributed by atoms with Gasteiger partial charge in [-0.05, 0) is 6.07 Å². The molecule has 0 fully saturated rings. The Morgan fingerprint density at radius 1 is 1.11 bits per heavy atom. The van der Waals surface area contributed by atoms with Gasteiger partial charge in [0.2, 0.25) is 5.91 Å². The number of carbonyl (C=O) groups is 1. The van der Waals surface area contributed by atoms with Gasteiger partial charge >= 0.3 is 0 Å². The van der Waals surface area contributed by atoms with Gasteiger partial charge in [-0.25, -0.2) is 4.98 Å². The minimum Gasteiger partial charge on any atom is -0.490 e. The zero-order valence-electron chi connectivity index (χ0n) is 14.7. The summed E-state index contributed by atoms with van der Waals surface area (Å²) in [6, 6.07) is 10.8. The maximum atomic E-state index is 12.5. The van der Waals surface area contributed by atoms with E-state index in [9.17, 15) is 4.79 Å². The summed E-state index contributed by atoms with van der Waals surface area (Å²) in [5.74, 6) is 0.948. The number of rotatable bonds is 4. The van der Waals surface area contributed by atoms with E-state index in [2.05, 4.69) is 10.3 Å². The number of ether oxygens (including phenoxy) is 2. The molecule has 0 saturated carbocycles. The van der Waals surface area contributed by atoms with E-state index in [1.54, 1.807) is 12.1 Å². The highest BCUT2D eigenvalue weighted by Crippen LogP contribution is 2.37. The van der Waals surface area contributed by atoms with Crippen LogP contribution in [0.4, 0.5) is 5.69 Å². The zero-order valence-corrected chi connectivity index (χ0v) is 17.0. The number of halogens is 2. The largest absolute Gasteiger partial charge is 0.490 e. The maximum absolute atomic E-state index is 12.5. The summed E-state index contributed by atoms with van der Waals surface area (Å²) < 4.78 is 11.2. The normalized spacial score (nSPS) is 13.1. The van der Waals surface area contributed by atoms with Gasteiger partial charge in [-0.15, -0.1) is 11.3 Å². The Kier molecular flexibility index (Phi) is 5.71. The third kappa shape index (κ3) is 4.24. The molecule has 144 valence electrons. The summed E-state index contributed by atoms with van der Waals surface area (Å²) in [7, 11) is 0. The predicted molar refractivity (Wildman–Crippen MR) is 112 cm³/mol. The summed E-state index contributed by atoms with van der Waals surface area (Å²) in [6.07, 6.45) is 0.928. The second-order valence-electron chi connectivity index (χ2n) is 6.18. The third-order valence-electron chi connectivity index (χ3n) is 4.11. The number of thiazole rings is 1. The zero-order chi connectivity index (χ0) is 19.5. The van der Waals surface area contributed by atoms with Crippen molar-refractivity contribution in [2.24, 2.45) is 0 Å². The highest BCUT2D eigenvalue weighted by Gasteiger charge is 2.17. The smallest absolute Gasteiger partial charge is 0.230 e. The van der Waals surface area contributed by atoms with Gasteiger partial charge in [0.05, 0.1) is 41.1 Å². The number of benzene rings is 2. The Morgan fingerprint density at radius 3 is 2.64 bits per heavy atom. The topological polar surface area (TPSA) is 60.5 Å². The number of hydrogen-bond donors (Lipinski definition) is 1. The molecule has 0 unspecified atom stereocenters. The summed E-state index contributed by atoms with van der Waals surface area (Å²) in [5.41, 5.74) is 2.01. The standard InChI is InChI=1S/C20H16Cl2N2O3S/c21-14-5-2-1-4-13(14)20-23-12(11-28-20)8-19(25)24-16-10-18-17(9-15(16)22)26-6-3-7-27-18/h1-2,4-5,9-11H,3,6-8H2,(H,24,25). The molecule has 1 amide bonds. The summed E-state index contributed by atoms with van der Waals surface area (Å²) in [6.45, 7) is 1.14. The van der Waals surface area contributed by atoms with Gasteiger partial charge in [-0.3, -0.25) is 4.79 Å². The first-order valence-electron chi connectivity index (χ1n) is 8.68. The van der Waals surface area contributed by atoms with Crippen molar-refractivity contribution in [1.29, 1.82) is 0 Å². The molecule has 5 nitrogen and oxygen atoms in total. The van der Waals surface area contributed by atoms with Crippen molar-refractivity contribution in [3.63, 3.8) is 0 Å². The number of nitrogens with zero attached hydrogens (tertiary/aromatic N) is 1. The Labute approximate surface area is 176 Å². The number of nitrogens with one attached hydrogen (secondary N) is 1. The van der Waals surface area contributed by atoms with Crippen LogP contribution in [0.25, 0.3) is 10.6 Å². The molecular formula is C20H16Cl2N2O3S. The van der Waals surface area contributed by atoms with E-state index in [0.29, 0.717) is 46.1 Å². The average molecular weight is 435 g/mol. The number of hydrogen-bond acceptors (Lipinski definition) is 5. The summed E-state index contributed by atoms with van der Waals surface area (Å²) in [5, 5.41) is 6.48. The first-order chi connectivity index (χ1) is 13.6. The Bertz CT molecular complexity index is 1020. The van der Waals surface area contributed by atoms with E-state index < -0.39 is 0 Å². The molecule has 3 aromatic rings. The third-order valence-corrected chi connectivity index (χ3v) is 5.68. The number of carbonyl (C=O) groups excluding carboxylic acids is 1. The van der Waals surface area contributed by atoms with Gasteiger partial charge < -0.3 is 14.8 Å². The highest BCUT2D eigenvalue weighted by atomic mass is 35.5. The molecule has 1 aliphatic rings. The van der Waals surface area contributed by atoms with Crippen molar-refractivity contribution in [3.05, 3.63) is 57.5 Å². The molecule has 1 aromatic heterocycles. The van der Waals surface area contributed by atoms with Crippen molar-refractivity contribution >= 4 is 46.1 Å². The van der Waals surface area contributed by atoms with Crippen LogP contribution in [0.15, 0.2) is 41.8 Å². The number of aromatic nitrogens is 1. The predicted octanol–water partition coefficient (Wildman–Crippen LogP) is 5.46. The lowest BCUT2D eigenvalue weighted by molar-refractivity contribution is -0.115. The molecular weight excluding hydrogens is 419 g/mol. The fourth-order valence-electron chi connectivity index (χ4n) is 2.79.